The molecule has 1 unspecified atom stereocenters. The fraction of sp³-hybridized carbons (Fsp3) is 0.900. The van der Waals surface area contributed by atoms with E-state index in [9.17, 15) is 25.2 Å². The van der Waals surface area contributed by atoms with E-state index in [4.69, 9.17) is 0 Å². The fourth-order valence-electron chi connectivity index (χ4n) is 1.63. The highest BCUT2D eigenvalue weighted by atomic mass is 32.2. The summed E-state index contributed by atoms with van der Waals surface area (Å²) in [4.78, 5) is 11.5. The van der Waals surface area contributed by atoms with E-state index in [0.29, 0.717) is 11.8 Å². The largest absolute Gasteiger partial charge is 0.388 e. The van der Waals surface area contributed by atoms with Crippen molar-refractivity contribution in [2.45, 2.75) is 49.4 Å². The Morgan fingerprint density at radius 1 is 1.18 bits per heavy atom. The molecule has 7 heteroatoms. The Morgan fingerprint density at radius 3 is 2.29 bits per heavy atom. The van der Waals surface area contributed by atoms with Gasteiger partial charge in [-0.05, 0) is 5.92 Å². The summed E-state index contributed by atoms with van der Waals surface area (Å²) < 4.78 is 0. The van der Waals surface area contributed by atoms with E-state index in [-0.39, 0.29) is 18.2 Å². The lowest BCUT2D eigenvalue weighted by molar-refractivity contribution is -0.126. The molecule has 5 N–H and O–H groups in total. The van der Waals surface area contributed by atoms with Crippen molar-refractivity contribution in [3.63, 3.8) is 0 Å². The van der Waals surface area contributed by atoms with Crippen LogP contribution in [0.25, 0.3) is 0 Å². The van der Waals surface area contributed by atoms with Gasteiger partial charge in [-0.2, -0.15) is 0 Å². The zero-order chi connectivity index (χ0) is 13.2. The first-order chi connectivity index (χ1) is 7.82. The van der Waals surface area contributed by atoms with Gasteiger partial charge in [0.25, 0.3) is 0 Å². The summed E-state index contributed by atoms with van der Waals surface area (Å²) in [6.07, 6.45) is -2.48. The fourth-order valence-corrected chi connectivity index (χ4v) is 2.64. The van der Waals surface area contributed by atoms with Gasteiger partial charge in [0.1, 0.15) is 23.1 Å². The van der Waals surface area contributed by atoms with Gasteiger partial charge in [-0.15, -0.1) is 0 Å². The molecule has 5 atom stereocenters. The van der Waals surface area contributed by atoms with Crippen molar-refractivity contribution < 1.29 is 25.2 Å². The van der Waals surface area contributed by atoms with Crippen LogP contribution in [-0.2, 0) is 4.79 Å². The number of nitrogens with one attached hydrogen (secondary N) is 1. The van der Waals surface area contributed by atoms with Crippen molar-refractivity contribution in [2.75, 3.05) is 0 Å². The second-order valence-corrected chi connectivity index (χ2v) is 5.83. The monoisotopic (exact) mass is 265 g/mol. The van der Waals surface area contributed by atoms with Crippen LogP contribution < -0.4 is 5.32 Å². The van der Waals surface area contributed by atoms with Crippen LogP contribution in [0.1, 0.15) is 20.3 Å². The maximum Gasteiger partial charge on any atom is 0.220 e. The summed E-state index contributed by atoms with van der Waals surface area (Å²) in [7, 11) is 0. The minimum absolute atomic E-state index is 0.163. The zero-order valence-corrected chi connectivity index (χ0v) is 10.6. The van der Waals surface area contributed by atoms with Crippen LogP contribution in [0.5, 0.6) is 0 Å². The first-order valence-corrected chi connectivity index (χ1v) is 6.44. The Kier molecular flexibility index (Phi) is 5.21. The molecule has 1 aliphatic rings. The lowest BCUT2D eigenvalue weighted by atomic mass is 10.0. The molecule has 100 valence electrons. The average molecular weight is 265 g/mol. The SMILES string of the molecule is CC(C)CC(=O)N[C@H]1C(O)S[C@H](O)[C@@H](O)[C@@H]1O. The van der Waals surface area contributed by atoms with Crippen LogP contribution in [0.15, 0.2) is 0 Å². The third kappa shape index (κ3) is 3.82. The number of rotatable bonds is 3. The molecule has 0 aromatic carbocycles. The summed E-state index contributed by atoms with van der Waals surface area (Å²) in [6, 6.07) is -0.968. The Balaban J connectivity index is 2.59. The smallest absolute Gasteiger partial charge is 0.220 e. The maximum atomic E-state index is 11.5. The summed E-state index contributed by atoms with van der Waals surface area (Å²) in [5.41, 5.74) is -2.39. The van der Waals surface area contributed by atoms with E-state index in [1.165, 1.54) is 0 Å². The van der Waals surface area contributed by atoms with Gasteiger partial charge in [-0.3, -0.25) is 4.79 Å². The standard InChI is InChI=1S/C10H19NO5S/c1-4(2)3-5(12)11-6-7(13)8(14)10(16)17-9(6)15/h4,6-10,13-16H,3H2,1-2H3,(H,11,12)/t6-,7-,8+,9?,10+/m1/s1. The highest BCUT2D eigenvalue weighted by molar-refractivity contribution is 8.00. The van der Waals surface area contributed by atoms with E-state index < -0.39 is 29.1 Å². The lowest BCUT2D eigenvalue weighted by Gasteiger charge is -2.38. The molecule has 0 radical (unpaired) electrons. The molecule has 1 rings (SSSR count). The number of thioether (sulfide) groups is 1. The molecule has 0 spiro atoms. The predicted molar refractivity (Wildman–Crippen MR) is 63.0 cm³/mol. The van der Waals surface area contributed by atoms with Gasteiger partial charge >= 0.3 is 0 Å². The molecule has 6 nitrogen and oxygen atoms in total. The molecule has 1 heterocycles. The highest BCUT2D eigenvalue weighted by Gasteiger charge is 2.43. The molecule has 0 aromatic rings. The molecule has 0 aromatic heterocycles. The number of aliphatic hydroxyl groups is 4. The van der Waals surface area contributed by atoms with Gasteiger partial charge in [-0.25, -0.2) is 0 Å². The van der Waals surface area contributed by atoms with Crippen molar-refractivity contribution in [1.29, 1.82) is 0 Å². The van der Waals surface area contributed by atoms with Crippen LogP contribution in [-0.4, -0.2) is 55.5 Å². The second-order valence-electron chi connectivity index (χ2n) is 4.59. The summed E-state index contributed by atoms with van der Waals surface area (Å²) >= 11 is 0.708. The molecule has 1 fully saturated rings. The topological polar surface area (TPSA) is 110 Å². The molecule has 1 saturated heterocycles. The summed E-state index contributed by atoms with van der Waals surface area (Å²) in [5, 5.41) is 40.5. The van der Waals surface area contributed by atoms with E-state index in [1.54, 1.807) is 0 Å². The van der Waals surface area contributed by atoms with Crippen molar-refractivity contribution >= 4 is 17.7 Å². The number of hydrogen-bond acceptors (Lipinski definition) is 6. The minimum atomic E-state index is -1.38. The second kappa shape index (κ2) is 6.01. The van der Waals surface area contributed by atoms with Crippen molar-refractivity contribution in [1.82, 2.24) is 5.32 Å². The van der Waals surface area contributed by atoms with Gasteiger partial charge in [0.15, 0.2) is 0 Å². The number of carbonyl (C=O) groups is 1. The molecule has 1 amide bonds. The lowest BCUT2D eigenvalue weighted by Crippen LogP contribution is -2.60. The highest BCUT2D eigenvalue weighted by Crippen LogP contribution is 2.29. The third-order valence-corrected chi connectivity index (χ3v) is 3.65. The Bertz CT molecular complexity index is 275. The first kappa shape index (κ1) is 14.7. The molecule has 1 aliphatic heterocycles. The van der Waals surface area contributed by atoms with Crippen LogP contribution >= 0.6 is 11.8 Å². The van der Waals surface area contributed by atoms with E-state index in [2.05, 4.69) is 5.32 Å². The molecular weight excluding hydrogens is 246 g/mol. The van der Waals surface area contributed by atoms with E-state index in [0.717, 1.165) is 0 Å². The maximum absolute atomic E-state index is 11.5. The number of amides is 1. The van der Waals surface area contributed by atoms with Gasteiger partial charge in [0, 0.05) is 6.42 Å². The number of carbonyl (C=O) groups excluding carboxylic acids is 1. The quantitative estimate of drug-likeness (QED) is 0.430. The molecule has 0 bridgehead atoms. The van der Waals surface area contributed by atoms with Crippen LogP contribution in [0, 0.1) is 5.92 Å². The van der Waals surface area contributed by atoms with Crippen molar-refractivity contribution in [2.24, 2.45) is 5.92 Å². The average Bonchev–Trinajstić information content (AvgIpc) is 2.20. The van der Waals surface area contributed by atoms with Crippen LogP contribution in [0.2, 0.25) is 0 Å². The molecular formula is C10H19NO5S. The number of aliphatic hydroxyl groups excluding tert-OH is 4. The van der Waals surface area contributed by atoms with Crippen LogP contribution in [0.4, 0.5) is 0 Å². The Labute approximate surface area is 104 Å². The summed E-state index contributed by atoms with van der Waals surface area (Å²) in [5.74, 6) is -0.136. The third-order valence-electron chi connectivity index (χ3n) is 2.52. The van der Waals surface area contributed by atoms with E-state index in [1.807, 2.05) is 13.8 Å². The van der Waals surface area contributed by atoms with Gasteiger partial charge in [0.2, 0.25) is 5.91 Å². The zero-order valence-electron chi connectivity index (χ0n) is 9.78. The normalized spacial score (nSPS) is 38.2. The molecule has 17 heavy (non-hydrogen) atoms. The first-order valence-electron chi connectivity index (χ1n) is 5.50. The Hall–Kier alpha value is -0.340. The van der Waals surface area contributed by atoms with Gasteiger partial charge in [0.05, 0.1) is 6.04 Å². The van der Waals surface area contributed by atoms with Gasteiger partial charge < -0.3 is 25.7 Å². The Morgan fingerprint density at radius 2 is 1.76 bits per heavy atom. The minimum Gasteiger partial charge on any atom is -0.388 e. The van der Waals surface area contributed by atoms with Gasteiger partial charge in [-0.1, -0.05) is 25.6 Å². The predicted octanol–water partition coefficient (Wildman–Crippen LogP) is -1.38. The van der Waals surface area contributed by atoms with E-state index >= 15 is 0 Å². The summed E-state index contributed by atoms with van der Waals surface area (Å²) in [6.45, 7) is 3.75. The van der Waals surface area contributed by atoms with Crippen molar-refractivity contribution in [3.05, 3.63) is 0 Å². The van der Waals surface area contributed by atoms with Crippen LogP contribution in [0.3, 0.4) is 0 Å². The van der Waals surface area contributed by atoms with Crippen molar-refractivity contribution in [3.8, 4) is 0 Å². The molecule has 0 aliphatic carbocycles. The molecule has 0 saturated carbocycles. The number of hydrogen-bond donors (Lipinski definition) is 5.